The molecule has 0 N–H and O–H groups in total. The zero-order chi connectivity index (χ0) is 9.26. The van der Waals surface area contributed by atoms with Crippen LogP contribution in [0.4, 0.5) is 0 Å². The molecule has 68 valence electrons. The molecule has 0 aliphatic carbocycles. The van der Waals surface area contributed by atoms with Crippen molar-refractivity contribution in [2.45, 2.75) is 6.61 Å². The van der Waals surface area contributed by atoms with Crippen LogP contribution in [0.1, 0.15) is 15.9 Å². The Morgan fingerprint density at radius 3 is 3.08 bits per heavy atom. The van der Waals surface area contributed by atoms with Crippen LogP contribution >= 0.6 is 11.6 Å². The summed E-state index contributed by atoms with van der Waals surface area (Å²) in [6, 6.07) is 5.07. The highest BCUT2D eigenvalue weighted by Crippen LogP contribution is 2.25. The monoisotopic (exact) mass is 198 g/mol. The van der Waals surface area contributed by atoms with E-state index in [2.05, 4.69) is 0 Å². The number of ether oxygens (including phenoxy) is 2. The summed E-state index contributed by atoms with van der Waals surface area (Å²) in [6.45, 7) is 0.749. The van der Waals surface area contributed by atoms with Crippen LogP contribution in [0.15, 0.2) is 18.2 Å². The smallest absolute Gasteiger partial charge is 0.252 e. The normalized spacial score (nSPS) is 14.5. The second-order valence-corrected chi connectivity index (χ2v) is 3.05. The van der Waals surface area contributed by atoms with Gasteiger partial charge in [-0.3, -0.25) is 4.79 Å². The number of hydrogen-bond donors (Lipinski definition) is 0. The molecular formula is C9H7ClO3. The third kappa shape index (κ3) is 1.66. The van der Waals surface area contributed by atoms with Crippen LogP contribution in [-0.2, 0) is 11.3 Å². The Morgan fingerprint density at radius 1 is 1.46 bits per heavy atom. The Kier molecular flexibility index (Phi) is 2.20. The highest BCUT2D eigenvalue weighted by Gasteiger charge is 2.12. The molecule has 4 heteroatoms. The fraction of sp³-hybridized carbons (Fsp3) is 0.222. The van der Waals surface area contributed by atoms with Crippen molar-refractivity contribution in [1.82, 2.24) is 0 Å². The molecule has 1 aliphatic rings. The fourth-order valence-electron chi connectivity index (χ4n) is 1.19. The van der Waals surface area contributed by atoms with Crippen LogP contribution < -0.4 is 4.74 Å². The lowest BCUT2D eigenvalue weighted by Gasteiger charge is -2.17. The Labute approximate surface area is 80.2 Å². The zero-order valence-corrected chi connectivity index (χ0v) is 7.50. The van der Waals surface area contributed by atoms with Gasteiger partial charge in [0, 0.05) is 11.1 Å². The van der Waals surface area contributed by atoms with E-state index in [1.165, 1.54) is 0 Å². The molecular weight excluding hydrogens is 192 g/mol. The van der Waals surface area contributed by atoms with Gasteiger partial charge in [0.25, 0.3) is 5.24 Å². The molecule has 0 spiro atoms. The van der Waals surface area contributed by atoms with E-state index >= 15 is 0 Å². The molecule has 0 atom stereocenters. The lowest BCUT2D eigenvalue weighted by atomic mass is 10.1. The van der Waals surface area contributed by atoms with Gasteiger partial charge >= 0.3 is 0 Å². The van der Waals surface area contributed by atoms with E-state index in [0.717, 1.165) is 5.56 Å². The minimum atomic E-state index is -0.474. The summed E-state index contributed by atoms with van der Waals surface area (Å²) in [5.74, 6) is 0.678. The summed E-state index contributed by atoms with van der Waals surface area (Å²) in [6.07, 6.45) is 0. The minimum Gasteiger partial charge on any atom is -0.467 e. The maximum absolute atomic E-state index is 10.8. The Hall–Kier alpha value is -1.06. The first-order valence-electron chi connectivity index (χ1n) is 3.80. The maximum Gasteiger partial charge on any atom is 0.252 e. The van der Waals surface area contributed by atoms with Gasteiger partial charge in [-0.15, -0.1) is 0 Å². The molecule has 0 unspecified atom stereocenters. The summed E-state index contributed by atoms with van der Waals surface area (Å²) < 4.78 is 10.2. The molecule has 3 nitrogen and oxygen atoms in total. The van der Waals surface area contributed by atoms with E-state index < -0.39 is 5.24 Å². The molecule has 0 bridgehead atoms. The first-order valence-corrected chi connectivity index (χ1v) is 4.18. The van der Waals surface area contributed by atoms with Crippen molar-refractivity contribution in [3.05, 3.63) is 29.3 Å². The number of carbonyl (C=O) groups is 1. The molecule has 1 heterocycles. The average Bonchev–Trinajstić information content (AvgIpc) is 2.17. The lowest BCUT2D eigenvalue weighted by Crippen LogP contribution is -2.11. The molecule has 13 heavy (non-hydrogen) atoms. The zero-order valence-electron chi connectivity index (χ0n) is 6.75. The summed E-state index contributed by atoms with van der Waals surface area (Å²) >= 11 is 5.32. The van der Waals surface area contributed by atoms with Crippen LogP contribution in [-0.4, -0.2) is 12.0 Å². The van der Waals surface area contributed by atoms with Crippen molar-refractivity contribution in [3.63, 3.8) is 0 Å². The molecule has 0 saturated heterocycles. The van der Waals surface area contributed by atoms with Gasteiger partial charge in [0.1, 0.15) is 5.75 Å². The number of carbonyl (C=O) groups excluding carboxylic acids is 1. The molecule has 0 radical (unpaired) electrons. The van der Waals surface area contributed by atoms with Gasteiger partial charge in [0.2, 0.25) is 0 Å². The molecule has 1 aromatic rings. The van der Waals surface area contributed by atoms with Crippen molar-refractivity contribution in [2.24, 2.45) is 0 Å². The van der Waals surface area contributed by atoms with Crippen molar-refractivity contribution in [3.8, 4) is 5.75 Å². The van der Waals surface area contributed by atoms with Crippen LogP contribution in [0.3, 0.4) is 0 Å². The highest BCUT2D eigenvalue weighted by atomic mass is 35.5. The topological polar surface area (TPSA) is 35.5 Å². The van der Waals surface area contributed by atoms with Crippen molar-refractivity contribution in [1.29, 1.82) is 0 Å². The second-order valence-electron chi connectivity index (χ2n) is 2.71. The fourth-order valence-corrected chi connectivity index (χ4v) is 1.30. The maximum atomic E-state index is 10.8. The van der Waals surface area contributed by atoms with Gasteiger partial charge < -0.3 is 9.47 Å². The van der Waals surface area contributed by atoms with Crippen molar-refractivity contribution >= 4 is 16.8 Å². The molecule has 0 aromatic heterocycles. The SMILES string of the molecule is O=C(Cl)c1ccc2c(c1)OCOC2. The van der Waals surface area contributed by atoms with Crippen LogP contribution in [0.2, 0.25) is 0 Å². The number of fused-ring (bicyclic) bond motifs is 1. The second kappa shape index (κ2) is 3.36. The molecule has 1 aromatic carbocycles. The average molecular weight is 199 g/mol. The van der Waals surface area contributed by atoms with Gasteiger partial charge in [-0.2, -0.15) is 0 Å². The summed E-state index contributed by atoms with van der Waals surface area (Å²) in [4.78, 5) is 10.8. The molecule has 0 saturated carbocycles. The van der Waals surface area contributed by atoms with E-state index in [1.807, 2.05) is 0 Å². The van der Waals surface area contributed by atoms with E-state index in [4.69, 9.17) is 21.1 Å². The number of halogens is 1. The standard InChI is InChI=1S/C9H7ClO3/c10-9(11)6-1-2-7-4-12-5-13-8(7)3-6/h1-3H,4-5H2. The third-order valence-electron chi connectivity index (χ3n) is 1.85. The van der Waals surface area contributed by atoms with E-state index in [-0.39, 0.29) is 6.79 Å². The van der Waals surface area contributed by atoms with E-state index in [0.29, 0.717) is 17.9 Å². The van der Waals surface area contributed by atoms with Crippen molar-refractivity contribution in [2.75, 3.05) is 6.79 Å². The molecule has 2 rings (SSSR count). The van der Waals surface area contributed by atoms with Crippen LogP contribution in [0, 0.1) is 0 Å². The Morgan fingerprint density at radius 2 is 2.31 bits per heavy atom. The van der Waals surface area contributed by atoms with E-state index in [1.54, 1.807) is 18.2 Å². The van der Waals surface area contributed by atoms with Crippen LogP contribution in [0.25, 0.3) is 0 Å². The number of hydrogen-bond acceptors (Lipinski definition) is 3. The molecule has 1 aliphatic heterocycles. The Balaban J connectivity index is 2.40. The molecule has 0 fully saturated rings. The third-order valence-corrected chi connectivity index (χ3v) is 2.07. The van der Waals surface area contributed by atoms with Gasteiger partial charge in [-0.05, 0) is 23.7 Å². The predicted octanol–water partition coefficient (Wildman–Crippen LogP) is 1.93. The van der Waals surface area contributed by atoms with Crippen LogP contribution in [0.5, 0.6) is 5.75 Å². The minimum absolute atomic E-state index is 0.229. The quantitative estimate of drug-likeness (QED) is 0.647. The Bertz CT molecular complexity index is 349. The first kappa shape index (κ1) is 8.53. The summed E-state index contributed by atoms with van der Waals surface area (Å²) in [7, 11) is 0. The predicted molar refractivity (Wildman–Crippen MR) is 46.9 cm³/mol. The number of rotatable bonds is 1. The van der Waals surface area contributed by atoms with E-state index in [9.17, 15) is 4.79 Å². The summed E-state index contributed by atoms with van der Waals surface area (Å²) in [5.41, 5.74) is 1.38. The summed E-state index contributed by atoms with van der Waals surface area (Å²) in [5, 5.41) is -0.474. The molecule has 0 amide bonds. The largest absolute Gasteiger partial charge is 0.467 e. The van der Waals surface area contributed by atoms with Gasteiger partial charge in [-0.1, -0.05) is 6.07 Å². The van der Waals surface area contributed by atoms with Gasteiger partial charge in [0.05, 0.1) is 6.61 Å². The van der Waals surface area contributed by atoms with Gasteiger partial charge in [0.15, 0.2) is 6.79 Å². The number of benzene rings is 1. The first-order chi connectivity index (χ1) is 6.27. The lowest BCUT2D eigenvalue weighted by molar-refractivity contribution is -0.0164. The highest BCUT2D eigenvalue weighted by molar-refractivity contribution is 6.67. The van der Waals surface area contributed by atoms with Crippen molar-refractivity contribution < 1.29 is 14.3 Å². The van der Waals surface area contributed by atoms with Gasteiger partial charge in [-0.25, -0.2) is 0 Å².